The van der Waals surface area contributed by atoms with Crippen LogP contribution in [0.1, 0.15) is 19.8 Å². The molecule has 5 nitrogen and oxygen atoms in total. The van der Waals surface area contributed by atoms with E-state index in [0.717, 1.165) is 0 Å². The SMILES string of the molecule is CCC(C(=O)O)N(C)CCC(=O)OC. The summed E-state index contributed by atoms with van der Waals surface area (Å²) in [5, 5.41) is 8.81. The molecule has 0 heterocycles. The number of aliphatic carboxylic acids is 1. The molecule has 0 aliphatic carbocycles. The first-order chi connectivity index (χ1) is 6.52. The third kappa shape index (κ3) is 4.23. The monoisotopic (exact) mass is 203 g/mol. The smallest absolute Gasteiger partial charge is 0.320 e. The molecule has 0 rings (SSSR count). The Bertz CT molecular complexity index is 205. The van der Waals surface area contributed by atoms with Crippen LogP contribution >= 0.6 is 0 Å². The first-order valence-electron chi connectivity index (χ1n) is 4.52. The van der Waals surface area contributed by atoms with Gasteiger partial charge in [0.25, 0.3) is 0 Å². The van der Waals surface area contributed by atoms with E-state index in [0.29, 0.717) is 13.0 Å². The summed E-state index contributed by atoms with van der Waals surface area (Å²) in [4.78, 5) is 23.2. The lowest BCUT2D eigenvalue weighted by atomic mass is 10.2. The lowest BCUT2D eigenvalue weighted by molar-refractivity contribution is -0.145. The maximum atomic E-state index is 10.8. The molecule has 5 heteroatoms. The fraction of sp³-hybridized carbons (Fsp3) is 0.778. The number of nitrogens with zero attached hydrogens (tertiary/aromatic N) is 1. The van der Waals surface area contributed by atoms with Crippen LogP contribution in [0.3, 0.4) is 0 Å². The molecule has 82 valence electrons. The normalized spacial score (nSPS) is 12.6. The number of rotatable bonds is 6. The fourth-order valence-corrected chi connectivity index (χ4v) is 1.20. The van der Waals surface area contributed by atoms with Crippen molar-refractivity contribution in [3.05, 3.63) is 0 Å². The second kappa shape index (κ2) is 6.37. The number of ether oxygens (including phenoxy) is 1. The van der Waals surface area contributed by atoms with E-state index in [1.54, 1.807) is 18.9 Å². The van der Waals surface area contributed by atoms with Crippen LogP contribution in [0.15, 0.2) is 0 Å². The molecular formula is C9H17NO4. The van der Waals surface area contributed by atoms with Crippen LogP contribution in [-0.4, -0.2) is 48.7 Å². The van der Waals surface area contributed by atoms with Crippen molar-refractivity contribution in [1.82, 2.24) is 4.90 Å². The molecule has 0 saturated heterocycles. The van der Waals surface area contributed by atoms with E-state index >= 15 is 0 Å². The minimum absolute atomic E-state index is 0.219. The molecule has 0 aliphatic rings. The third-order valence-corrected chi connectivity index (χ3v) is 2.10. The number of hydrogen-bond acceptors (Lipinski definition) is 4. The zero-order chi connectivity index (χ0) is 11.1. The van der Waals surface area contributed by atoms with Gasteiger partial charge in [0.05, 0.1) is 13.5 Å². The van der Waals surface area contributed by atoms with Crippen LogP contribution in [0.4, 0.5) is 0 Å². The van der Waals surface area contributed by atoms with Crippen molar-refractivity contribution in [2.75, 3.05) is 20.7 Å². The van der Waals surface area contributed by atoms with Gasteiger partial charge in [0.1, 0.15) is 6.04 Å². The van der Waals surface area contributed by atoms with Crippen LogP contribution in [0.25, 0.3) is 0 Å². The summed E-state index contributed by atoms with van der Waals surface area (Å²) in [5.41, 5.74) is 0. The largest absolute Gasteiger partial charge is 0.480 e. The predicted octanol–water partition coefficient (Wildman–Crippen LogP) is 0.344. The summed E-state index contributed by atoms with van der Waals surface area (Å²) >= 11 is 0. The number of carbonyl (C=O) groups excluding carboxylic acids is 1. The number of methoxy groups -OCH3 is 1. The third-order valence-electron chi connectivity index (χ3n) is 2.10. The van der Waals surface area contributed by atoms with Crippen LogP contribution in [0.2, 0.25) is 0 Å². The first-order valence-corrected chi connectivity index (χ1v) is 4.52. The van der Waals surface area contributed by atoms with Gasteiger partial charge in [0.2, 0.25) is 0 Å². The van der Waals surface area contributed by atoms with E-state index < -0.39 is 12.0 Å². The van der Waals surface area contributed by atoms with Crippen molar-refractivity contribution in [3.8, 4) is 0 Å². The average molecular weight is 203 g/mol. The van der Waals surface area contributed by atoms with Crippen molar-refractivity contribution < 1.29 is 19.4 Å². The Morgan fingerprint density at radius 3 is 2.43 bits per heavy atom. The number of esters is 1. The minimum Gasteiger partial charge on any atom is -0.480 e. The molecule has 0 aromatic heterocycles. The standard InChI is InChI=1S/C9H17NO4/c1-4-7(9(12)13)10(2)6-5-8(11)14-3/h7H,4-6H2,1-3H3,(H,12,13). The number of carboxylic acids is 1. The summed E-state index contributed by atoms with van der Waals surface area (Å²) in [7, 11) is 3.00. The van der Waals surface area contributed by atoms with Gasteiger partial charge in [-0.3, -0.25) is 14.5 Å². The van der Waals surface area contributed by atoms with Crippen molar-refractivity contribution >= 4 is 11.9 Å². The second-order valence-corrected chi connectivity index (χ2v) is 3.07. The molecule has 0 bridgehead atoms. The summed E-state index contributed by atoms with van der Waals surface area (Å²) in [6.45, 7) is 2.20. The van der Waals surface area contributed by atoms with Gasteiger partial charge >= 0.3 is 11.9 Å². The fourth-order valence-electron chi connectivity index (χ4n) is 1.20. The van der Waals surface area contributed by atoms with Crippen LogP contribution < -0.4 is 0 Å². The lowest BCUT2D eigenvalue weighted by Crippen LogP contribution is -2.39. The highest BCUT2D eigenvalue weighted by Gasteiger charge is 2.20. The van der Waals surface area contributed by atoms with Crippen molar-refractivity contribution in [2.24, 2.45) is 0 Å². The quantitative estimate of drug-likeness (QED) is 0.631. The molecule has 0 aromatic rings. The Balaban J connectivity index is 3.98. The highest BCUT2D eigenvalue weighted by Crippen LogP contribution is 2.02. The maximum Gasteiger partial charge on any atom is 0.320 e. The molecule has 1 N–H and O–H groups in total. The lowest BCUT2D eigenvalue weighted by Gasteiger charge is -2.22. The van der Waals surface area contributed by atoms with E-state index in [9.17, 15) is 9.59 Å². The number of likely N-dealkylation sites (N-methyl/N-ethyl adjacent to an activating group) is 1. The molecule has 0 saturated carbocycles. The number of hydrogen-bond donors (Lipinski definition) is 1. The Labute approximate surface area is 83.6 Å². The summed E-state index contributed by atoms with van der Waals surface area (Å²) < 4.78 is 4.46. The molecule has 0 radical (unpaired) electrons. The van der Waals surface area contributed by atoms with Crippen LogP contribution in [-0.2, 0) is 14.3 Å². The molecule has 1 unspecified atom stereocenters. The first kappa shape index (κ1) is 12.9. The summed E-state index contributed by atoms with van der Waals surface area (Å²) in [6.07, 6.45) is 0.740. The summed E-state index contributed by atoms with van der Waals surface area (Å²) in [6, 6.07) is -0.528. The molecule has 0 spiro atoms. The molecular weight excluding hydrogens is 186 g/mol. The predicted molar refractivity (Wildman–Crippen MR) is 51.0 cm³/mol. The number of carboxylic acid groups (broad SMARTS) is 1. The zero-order valence-electron chi connectivity index (χ0n) is 8.82. The Hall–Kier alpha value is -1.10. The van der Waals surface area contributed by atoms with Crippen LogP contribution in [0, 0.1) is 0 Å². The Morgan fingerprint density at radius 1 is 1.50 bits per heavy atom. The van der Waals surface area contributed by atoms with Gasteiger partial charge in [-0.2, -0.15) is 0 Å². The molecule has 14 heavy (non-hydrogen) atoms. The van der Waals surface area contributed by atoms with Gasteiger partial charge < -0.3 is 9.84 Å². The van der Waals surface area contributed by atoms with Crippen molar-refractivity contribution in [3.63, 3.8) is 0 Å². The van der Waals surface area contributed by atoms with Gasteiger partial charge in [0.15, 0.2) is 0 Å². The van der Waals surface area contributed by atoms with E-state index in [1.807, 2.05) is 0 Å². The van der Waals surface area contributed by atoms with E-state index in [-0.39, 0.29) is 12.4 Å². The highest BCUT2D eigenvalue weighted by molar-refractivity contribution is 5.73. The summed E-state index contributed by atoms with van der Waals surface area (Å²) in [5.74, 6) is -1.18. The molecule has 0 aromatic carbocycles. The highest BCUT2D eigenvalue weighted by atomic mass is 16.5. The minimum atomic E-state index is -0.861. The van der Waals surface area contributed by atoms with Crippen molar-refractivity contribution in [2.45, 2.75) is 25.8 Å². The second-order valence-electron chi connectivity index (χ2n) is 3.07. The average Bonchev–Trinajstić information content (AvgIpc) is 2.14. The van der Waals surface area contributed by atoms with Crippen molar-refractivity contribution in [1.29, 1.82) is 0 Å². The zero-order valence-corrected chi connectivity index (χ0v) is 8.82. The molecule has 1 atom stereocenters. The van der Waals surface area contributed by atoms with Crippen LogP contribution in [0.5, 0.6) is 0 Å². The topological polar surface area (TPSA) is 66.8 Å². The van der Waals surface area contributed by atoms with E-state index in [2.05, 4.69) is 4.74 Å². The Morgan fingerprint density at radius 2 is 2.07 bits per heavy atom. The number of carbonyl (C=O) groups is 2. The maximum absolute atomic E-state index is 10.8. The van der Waals surface area contributed by atoms with Gasteiger partial charge in [0, 0.05) is 6.54 Å². The van der Waals surface area contributed by atoms with Gasteiger partial charge in [-0.1, -0.05) is 6.92 Å². The molecule has 0 fully saturated rings. The van der Waals surface area contributed by atoms with E-state index in [4.69, 9.17) is 5.11 Å². The van der Waals surface area contributed by atoms with Gasteiger partial charge in [-0.25, -0.2) is 0 Å². The van der Waals surface area contributed by atoms with Gasteiger partial charge in [-0.15, -0.1) is 0 Å². The molecule has 0 amide bonds. The Kier molecular flexibility index (Phi) is 5.87. The van der Waals surface area contributed by atoms with E-state index in [1.165, 1.54) is 7.11 Å². The van der Waals surface area contributed by atoms with Gasteiger partial charge in [-0.05, 0) is 13.5 Å². The molecule has 0 aliphatic heterocycles.